The van der Waals surface area contributed by atoms with E-state index < -0.39 is 12.0 Å². The zero-order valence-corrected chi connectivity index (χ0v) is 8.85. The van der Waals surface area contributed by atoms with Crippen molar-refractivity contribution in [1.82, 2.24) is 5.32 Å². The summed E-state index contributed by atoms with van der Waals surface area (Å²) in [4.78, 5) is 25.3. The summed E-state index contributed by atoms with van der Waals surface area (Å²) >= 11 is 0. The second-order valence-electron chi connectivity index (χ2n) is 3.86. The molecule has 1 saturated carbocycles. The van der Waals surface area contributed by atoms with Gasteiger partial charge in [0.05, 0.1) is 12.0 Å². The molecule has 0 aromatic heterocycles. The standard InChI is InChI=1S/C9H16N4O3/c10-8(13-9(11)16)12-6-3-1-2-5(4-6)7(14)15/h5-6H,1-4H2,(H,14,15)(H5,10,11,12,13,16). The summed E-state index contributed by atoms with van der Waals surface area (Å²) in [5, 5.41) is 11.0. The quantitative estimate of drug-likeness (QED) is 0.378. The van der Waals surface area contributed by atoms with Gasteiger partial charge >= 0.3 is 12.0 Å². The molecule has 16 heavy (non-hydrogen) atoms. The van der Waals surface area contributed by atoms with Crippen LogP contribution in [-0.2, 0) is 4.79 Å². The zero-order chi connectivity index (χ0) is 12.1. The maximum atomic E-state index is 10.8. The van der Waals surface area contributed by atoms with Gasteiger partial charge in [0.25, 0.3) is 0 Å². The summed E-state index contributed by atoms with van der Waals surface area (Å²) in [5.41, 5.74) is 10.3. The van der Waals surface area contributed by atoms with E-state index >= 15 is 0 Å². The average molecular weight is 228 g/mol. The minimum atomic E-state index is -0.804. The van der Waals surface area contributed by atoms with E-state index in [2.05, 4.69) is 10.3 Å². The highest BCUT2D eigenvalue weighted by atomic mass is 16.4. The van der Waals surface area contributed by atoms with Crippen LogP contribution in [0.2, 0.25) is 0 Å². The number of nitrogens with zero attached hydrogens (tertiary/aromatic N) is 1. The minimum absolute atomic E-state index is 0.0523. The smallest absolute Gasteiger partial charge is 0.318 e. The molecule has 0 saturated heterocycles. The van der Waals surface area contributed by atoms with Gasteiger partial charge in [0.15, 0.2) is 5.96 Å². The molecule has 0 aromatic rings. The van der Waals surface area contributed by atoms with Crippen LogP contribution in [0.25, 0.3) is 0 Å². The predicted molar refractivity (Wildman–Crippen MR) is 57.7 cm³/mol. The lowest BCUT2D eigenvalue weighted by Gasteiger charge is -2.23. The molecule has 0 radical (unpaired) electrons. The molecule has 7 heteroatoms. The van der Waals surface area contributed by atoms with E-state index in [1.807, 2.05) is 0 Å². The molecule has 2 atom stereocenters. The number of carboxylic acids is 1. The predicted octanol–water partition coefficient (Wildman–Crippen LogP) is -0.387. The maximum absolute atomic E-state index is 10.8. The number of carboxylic acid groups (broad SMARTS) is 1. The molecule has 0 aromatic carbocycles. The highest BCUT2D eigenvalue weighted by Gasteiger charge is 2.26. The minimum Gasteiger partial charge on any atom is -0.481 e. The van der Waals surface area contributed by atoms with Crippen molar-refractivity contribution in [3.63, 3.8) is 0 Å². The van der Waals surface area contributed by atoms with Crippen molar-refractivity contribution in [2.75, 3.05) is 0 Å². The lowest BCUT2D eigenvalue weighted by molar-refractivity contribution is -0.142. The zero-order valence-electron chi connectivity index (χ0n) is 8.85. The molecule has 2 unspecified atom stereocenters. The van der Waals surface area contributed by atoms with Crippen molar-refractivity contribution in [2.24, 2.45) is 22.4 Å². The molecular formula is C9H16N4O3. The number of carbonyl (C=O) groups is 2. The fourth-order valence-electron chi connectivity index (χ4n) is 1.86. The van der Waals surface area contributed by atoms with Crippen LogP contribution in [0, 0.1) is 5.92 Å². The SMILES string of the molecule is NC(=O)NC(N)=NC1CCCC(C(=O)O)C1. The largest absolute Gasteiger partial charge is 0.481 e. The van der Waals surface area contributed by atoms with E-state index in [4.69, 9.17) is 16.6 Å². The van der Waals surface area contributed by atoms with E-state index in [0.29, 0.717) is 12.8 Å². The molecular weight excluding hydrogens is 212 g/mol. The molecule has 0 aliphatic heterocycles. The van der Waals surface area contributed by atoms with Crippen LogP contribution in [0.5, 0.6) is 0 Å². The fraction of sp³-hybridized carbons (Fsp3) is 0.667. The Balaban J connectivity index is 2.54. The second-order valence-corrected chi connectivity index (χ2v) is 3.86. The van der Waals surface area contributed by atoms with Crippen LogP contribution in [0.3, 0.4) is 0 Å². The van der Waals surface area contributed by atoms with E-state index in [1.54, 1.807) is 0 Å². The van der Waals surface area contributed by atoms with Crippen LogP contribution >= 0.6 is 0 Å². The van der Waals surface area contributed by atoms with Crippen LogP contribution < -0.4 is 16.8 Å². The first-order chi connectivity index (χ1) is 7.49. The van der Waals surface area contributed by atoms with Crippen molar-refractivity contribution in [3.8, 4) is 0 Å². The fourth-order valence-corrected chi connectivity index (χ4v) is 1.86. The Morgan fingerprint density at radius 2 is 2.00 bits per heavy atom. The number of urea groups is 1. The Kier molecular flexibility index (Phi) is 4.10. The Labute approximate surface area is 92.9 Å². The summed E-state index contributed by atoms with van der Waals surface area (Å²) in [6.45, 7) is 0. The summed E-state index contributed by atoms with van der Waals surface area (Å²) < 4.78 is 0. The lowest BCUT2D eigenvalue weighted by atomic mass is 9.86. The molecule has 6 N–H and O–H groups in total. The molecule has 1 fully saturated rings. The van der Waals surface area contributed by atoms with E-state index in [-0.39, 0.29) is 17.9 Å². The first-order valence-corrected chi connectivity index (χ1v) is 5.11. The molecule has 90 valence electrons. The third-order valence-corrected chi connectivity index (χ3v) is 2.57. The van der Waals surface area contributed by atoms with E-state index in [9.17, 15) is 9.59 Å². The Hall–Kier alpha value is -1.79. The monoisotopic (exact) mass is 228 g/mol. The van der Waals surface area contributed by atoms with Gasteiger partial charge in [-0.25, -0.2) is 9.79 Å². The second kappa shape index (κ2) is 5.34. The number of amides is 2. The number of aliphatic imine (C=N–C) groups is 1. The van der Waals surface area contributed by atoms with Crippen molar-refractivity contribution >= 4 is 18.0 Å². The van der Waals surface area contributed by atoms with Gasteiger partial charge in [0, 0.05) is 0 Å². The summed E-state index contributed by atoms with van der Waals surface area (Å²) in [6, 6.07) is -0.923. The molecule has 2 amide bonds. The van der Waals surface area contributed by atoms with Crippen molar-refractivity contribution in [3.05, 3.63) is 0 Å². The Morgan fingerprint density at radius 3 is 2.56 bits per heavy atom. The lowest BCUT2D eigenvalue weighted by Crippen LogP contribution is -2.41. The number of hydrogen-bond acceptors (Lipinski definition) is 3. The number of nitrogens with one attached hydrogen (secondary N) is 1. The first kappa shape index (κ1) is 12.3. The van der Waals surface area contributed by atoms with Crippen LogP contribution in [0.15, 0.2) is 4.99 Å². The van der Waals surface area contributed by atoms with Crippen LogP contribution in [0.1, 0.15) is 25.7 Å². The summed E-state index contributed by atoms with van der Waals surface area (Å²) in [5.74, 6) is -1.23. The molecule has 1 rings (SSSR count). The van der Waals surface area contributed by atoms with Crippen molar-refractivity contribution in [2.45, 2.75) is 31.7 Å². The first-order valence-electron chi connectivity index (χ1n) is 5.11. The average Bonchev–Trinajstić information content (AvgIpc) is 2.16. The van der Waals surface area contributed by atoms with Crippen LogP contribution in [0.4, 0.5) is 4.79 Å². The van der Waals surface area contributed by atoms with Crippen molar-refractivity contribution in [1.29, 1.82) is 0 Å². The van der Waals surface area contributed by atoms with Crippen LogP contribution in [-0.4, -0.2) is 29.1 Å². The number of hydrogen-bond donors (Lipinski definition) is 4. The van der Waals surface area contributed by atoms with Gasteiger partial charge in [-0.2, -0.15) is 0 Å². The number of rotatable bonds is 2. The van der Waals surface area contributed by atoms with Gasteiger partial charge in [-0.3, -0.25) is 10.1 Å². The third kappa shape index (κ3) is 3.76. The molecule has 7 nitrogen and oxygen atoms in total. The maximum Gasteiger partial charge on any atom is 0.318 e. The number of primary amides is 1. The summed E-state index contributed by atoms with van der Waals surface area (Å²) in [6.07, 6.45) is 2.71. The highest BCUT2D eigenvalue weighted by molar-refractivity contribution is 5.94. The number of aliphatic carboxylic acids is 1. The van der Waals surface area contributed by atoms with Gasteiger partial charge in [0.1, 0.15) is 0 Å². The van der Waals surface area contributed by atoms with Gasteiger partial charge in [0.2, 0.25) is 0 Å². The number of nitrogens with two attached hydrogens (primary N) is 2. The Morgan fingerprint density at radius 1 is 1.31 bits per heavy atom. The molecule has 1 aliphatic carbocycles. The molecule has 0 bridgehead atoms. The topological polar surface area (TPSA) is 131 Å². The van der Waals surface area contributed by atoms with E-state index in [1.165, 1.54) is 0 Å². The van der Waals surface area contributed by atoms with Gasteiger partial charge < -0.3 is 16.6 Å². The third-order valence-electron chi connectivity index (χ3n) is 2.57. The normalized spacial score (nSPS) is 26.1. The van der Waals surface area contributed by atoms with E-state index in [0.717, 1.165) is 12.8 Å². The van der Waals surface area contributed by atoms with Gasteiger partial charge in [-0.05, 0) is 19.3 Å². The van der Waals surface area contributed by atoms with Gasteiger partial charge in [-0.1, -0.05) is 6.42 Å². The molecule has 0 spiro atoms. The molecule has 1 aliphatic rings. The number of carbonyl (C=O) groups excluding carboxylic acids is 1. The molecule has 0 heterocycles. The van der Waals surface area contributed by atoms with Crippen molar-refractivity contribution < 1.29 is 14.7 Å². The number of guanidine groups is 1. The van der Waals surface area contributed by atoms with Gasteiger partial charge in [-0.15, -0.1) is 0 Å². The Bertz CT molecular complexity index is 316. The highest BCUT2D eigenvalue weighted by Crippen LogP contribution is 2.26. The summed E-state index contributed by atoms with van der Waals surface area (Å²) in [7, 11) is 0.